The summed E-state index contributed by atoms with van der Waals surface area (Å²) < 4.78 is 5.37. The third-order valence-electron chi connectivity index (χ3n) is 3.71. The van der Waals surface area contributed by atoms with Crippen LogP contribution in [0.3, 0.4) is 0 Å². The summed E-state index contributed by atoms with van der Waals surface area (Å²) in [5.74, 6) is 0.547. The van der Waals surface area contributed by atoms with Gasteiger partial charge in [0.1, 0.15) is 5.75 Å². The number of nitrogens with zero attached hydrogens (tertiary/aromatic N) is 1. The molecule has 20 heavy (non-hydrogen) atoms. The van der Waals surface area contributed by atoms with Crippen LogP contribution in [0.5, 0.6) is 5.75 Å². The first-order chi connectivity index (χ1) is 9.58. The van der Waals surface area contributed by atoms with Crippen LogP contribution < -0.4 is 4.74 Å². The van der Waals surface area contributed by atoms with Gasteiger partial charge in [-0.05, 0) is 55.5 Å². The minimum absolute atomic E-state index is 0.128. The second kappa shape index (κ2) is 6.95. The predicted molar refractivity (Wildman–Crippen MR) is 78.5 cm³/mol. The minimum atomic E-state index is -0.758. The molecule has 4 nitrogen and oxygen atoms in total. The van der Waals surface area contributed by atoms with Crippen molar-refractivity contribution in [3.05, 3.63) is 28.8 Å². The maximum Gasteiger partial charge on any atom is 0.317 e. The van der Waals surface area contributed by atoms with Gasteiger partial charge in [-0.2, -0.15) is 0 Å². The summed E-state index contributed by atoms with van der Waals surface area (Å²) in [6.07, 6.45) is 3.03. The first-order valence-corrected chi connectivity index (χ1v) is 7.23. The number of rotatable bonds is 5. The molecule has 1 N–H and O–H groups in total. The molecule has 1 aromatic carbocycles. The van der Waals surface area contributed by atoms with E-state index in [1.165, 1.54) is 0 Å². The molecule has 1 fully saturated rings. The normalized spacial score (nSPS) is 19.8. The van der Waals surface area contributed by atoms with E-state index in [4.69, 9.17) is 21.4 Å². The van der Waals surface area contributed by atoms with Crippen LogP contribution in [0.25, 0.3) is 0 Å². The van der Waals surface area contributed by atoms with E-state index in [9.17, 15) is 4.79 Å². The van der Waals surface area contributed by atoms with Gasteiger partial charge in [-0.3, -0.25) is 9.69 Å². The molecule has 1 heterocycles. The van der Waals surface area contributed by atoms with E-state index in [-0.39, 0.29) is 6.54 Å². The number of likely N-dealkylation sites (tertiary alicyclic amines) is 1. The lowest BCUT2D eigenvalue weighted by atomic mass is 9.91. The lowest BCUT2D eigenvalue weighted by molar-refractivity contribution is -0.138. The number of ether oxygens (including phenoxy) is 1. The molecule has 0 saturated carbocycles. The number of hydrogen-bond acceptors (Lipinski definition) is 3. The Labute approximate surface area is 124 Å². The molecule has 2 rings (SSSR count). The smallest absolute Gasteiger partial charge is 0.317 e. The van der Waals surface area contributed by atoms with Gasteiger partial charge in [-0.25, -0.2) is 0 Å². The highest BCUT2D eigenvalue weighted by atomic mass is 35.5. The second-order valence-corrected chi connectivity index (χ2v) is 5.73. The highest BCUT2D eigenvalue weighted by Crippen LogP contribution is 2.28. The number of halogens is 1. The maximum absolute atomic E-state index is 10.8. The number of piperidine rings is 1. The predicted octanol–water partition coefficient (Wildman–Crippen LogP) is 2.69. The number of methoxy groups -OCH3 is 1. The molecule has 1 saturated heterocycles. The lowest BCUT2D eigenvalue weighted by Gasteiger charge is -2.31. The van der Waals surface area contributed by atoms with Crippen LogP contribution >= 0.6 is 11.6 Å². The molecule has 0 aliphatic carbocycles. The van der Waals surface area contributed by atoms with Crippen LogP contribution in [0.1, 0.15) is 18.4 Å². The van der Waals surface area contributed by atoms with Gasteiger partial charge in [0.05, 0.1) is 13.7 Å². The van der Waals surface area contributed by atoms with Gasteiger partial charge in [0.2, 0.25) is 0 Å². The number of carboxylic acid groups (broad SMARTS) is 1. The van der Waals surface area contributed by atoms with E-state index in [0.29, 0.717) is 10.9 Å². The first kappa shape index (κ1) is 15.1. The van der Waals surface area contributed by atoms with E-state index >= 15 is 0 Å². The van der Waals surface area contributed by atoms with Crippen LogP contribution in [0.4, 0.5) is 0 Å². The van der Waals surface area contributed by atoms with Crippen molar-refractivity contribution in [2.75, 3.05) is 26.7 Å². The number of carbonyl (C=O) groups is 1. The van der Waals surface area contributed by atoms with E-state index in [1.807, 2.05) is 23.1 Å². The fourth-order valence-corrected chi connectivity index (χ4v) is 3.07. The molecule has 1 aliphatic rings. The Kier molecular flexibility index (Phi) is 5.26. The summed E-state index contributed by atoms with van der Waals surface area (Å²) in [6, 6.07) is 5.65. The number of benzene rings is 1. The Bertz CT molecular complexity index is 478. The molecule has 0 spiro atoms. The maximum atomic E-state index is 10.8. The van der Waals surface area contributed by atoms with Gasteiger partial charge in [0.25, 0.3) is 0 Å². The van der Waals surface area contributed by atoms with Gasteiger partial charge in [0, 0.05) is 11.6 Å². The fraction of sp³-hybridized carbons (Fsp3) is 0.533. The van der Waals surface area contributed by atoms with Crippen molar-refractivity contribution in [1.82, 2.24) is 4.90 Å². The Hall–Kier alpha value is -1.26. The van der Waals surface area contributed by atoms with Crippen molar-refractivity contribution >= 4 is 17.6 Å². The zero-order valence-corrected chi connectivity index (χ0v) is 12.4. The van der Waals surface area contributed by atoms with E-state index in [2.05, 4.69) is 0 Å². The van der Waals surface area contributed by atoms with Crippen molar-refractivity contribution in [3.8, 4) is 5.75 Å². The molecule has 1 aliphatic heterocycles. The Morgan fingerprint density at radius 2 is 2.35 bits per heavy atom. The molecular weight excluding hydrogens is 278 g/mol. The number of aliphatic carboxylic acids is 1. The summed E-state index contributed by atoms with van der Waals surface area (Å²) in [4.78, 5) is 12.8. The van der Waals surface area contributed by atoms with Crippen LogP contribution in [0.15, 0.2) is 18.2 Å². The molecule has 110 valence electrons. The molecular formula is C15H20ClNO3. The third kappa shape index (κ3) is 4.12. The van der Waals surface area contributed by atoms with Crippen molar-refractivity contribution in [3.63, 3.8) is 0 Å². The molecule has 0 radical (unpaired) electrons. The van der Waals surface area contributed by atoms with Crippen molar-refractivity contribution in [2.24, 2.45) is 5.92 Å². The van der Waals surface area contributed by atoms with Crippen LogP contribution in [-0.2, 0) is 11.2 Å². The van der Waals surface area contributed by atoms with E-state index in [1.54, 1.807) is 7.11 Å². The second-order valence-electron chi connectivity index (χ2n) is 5.30. The Morgan fingerprint density at radius 1 is 1.55 bits per heavy atom. The summed E-state index contributed by atoms with van der Waals surface area (Å²) in [5.41, 5.74) is 1.10. The van der Waals surface area contributed by atoms with Crippen molar-refractivity contribution in [1.29, 1.82) is 0 Å². The minimum Gasteiger partial charge on any atom is -0.496 e. The van der Waals surface area contributed by atoms with Crippen molar-refractivity contribution < 1.29 is 14.6 Å². The summed E-state index contributed by atoms with van der Waals surface area (Å²) >= 11 is 6.05. The van der Waals surface area contributed by atoms with Gasteiger partial charge < -0.3 is 9.84 Å². The zero-order chi connectivity index (χ0) is 14.5. The third-order valence-corrected chi connectivity index (χ3v) is 3.95. The fourth-order valence-electron chi connectivity index (χ4n) is 2.87. The van der Waals surface area contributed by atoms with Gasteiger partial charge in [0.15, 0.2) is 0 Å². The monoisotopic (exact) mass is 297 g/mol. The average molecular weight is 298 g/mol. The SMILES string of the molecule is COc1ccc(Cl)cc1CC1CCCN(CC(=O)O)C1. The molecule has 0 amide bonds. The number of carboxylic acids is 1. The number of hydrogen-bond donors (Lipinski definition) is 1. The summed E-state index contributed by atoms with van der Waals surface area (Å²) in [5, 5.41) is 9.59. The standard InChI is InChI=1S/C15H20ClNO3/c1-20-14-5-4-13(16)8-12(14)7-11-3-2-6-17(9-11)10-15(18)19/h4-5,8,11H,2-3,6-7,9-10H2,1H3,(H,18,19). The van der Waals surface area contributed by atoms with E-state index in [0.717, 1.165) is 43.7 Å². The highest BCUT2D eigenvalue weighted by Gasteiger charge is 2.22. The molecule has 1 atom stereocenters. The van der Waals surface area contributed by atoms with Gasteiger partial charge in [-0.1, -0.05) is 11.6 Å². The summed E-state index contributed by atoms with van der Waals surface area (Å²) in [7, 11) is 1.66. The average Bonchev–Trinajstić information content (AvgIpc) is 2.38. The largest absolute Gasteiger partial charge is 0.496 e. The molecule has 0 aromatic heterocycles. The van der Waals surface area contributed by atoms with Crippen LogP contribution in [0, 0.1) is 5.92 Å². The first-order valence-electron chi connectivity index (χ1n) is 6.85. The zero-order valence-electron chi connectivity index (χ0n) is 11.6. The Morgan fingerprint density at radius 3 is 3.05 bits per heavy atom. The van der Waals surface area contributed by atoms with Crippen LogP contribution in [-0.4, -0.2) is 42.7 Å². The Balaban J connectivity index is 2.02. The molecule has 5 heteroatoms. The molecule has 1 aromatic rings. The van der Waals surface area contributed by atoms with Crippen molar-refractivity contribution in [2.45, 2.75) is 19.3 Å². The topological polar surface area (TPSA) is 49.8 Å². The lowest BCUT2D eigenvalue weighted by Crippen LogP contribution is -2.39. The highest BCUT2D eigenvalue weighted by molar-refractivity contribution is 6.30. The summed E-state index contributed by atoms with van der Waals surface area (Å²) in [6.45, 7) is 1.82. The molecule has 0 bridgehead atoms. The van der Waals surface area contributed by atoms with E-state index < -0.39 is 5.97 Å². The quantitative estimate of drug-likeness (QED) is 0.908. The van der Waals surface area contributed by atoms with Gasteiger partial charge >= 0.3 is 5.97 Å². The van der Waals surface area contributed by atoms with Crippen LogP contribution in [0.2, 0.25) is 5.02 Å². The van der Waals surface area contributed by atoms with Gasteiger partial charge in [-0.15, -0.1) is 0 Å². The molecule has 1 unspecified atom stereocenters.